The number of thioether (sulfide) groups is 1. The van der Waals surface area contributed by atoms with Gasteiger partial charge in [-0.15, -0.1) is 11.8 Å². The van der Waals surface area contributed by atoms with E-state index in [1.165, 1.54) is 22.4 Å². The standard InChI is InChI=1S/C22H27ClN2O4S2/c1-15(16-4-7-19(30-3)8-5-16)24-22(26)17-10-12-25(13-11-17)31(27,28)21-14-18(23)6-9-20(21)29-2/h4-9,14-15,17H,10-13H2,1-3H3,(H,24,26)/t15-/m0/s1. The number of hydrogen-bond donors (Lipinski definition) is 1. The number of piperidine rings is 1. The Bertz CT molecular complexity index is 1020. The summed E-state index contributed by atoms with van der Waals surface area (Å²) in [6.07, 6.45) is 2.95. The quantitative estimate of drug-likeness (QED) is 0.594. The molecule has 1 aliphatic rings. The number of methoxy groups -OCH3 is 1. The van der Waals surface area contributed by atoms with Gasteiger partial charge < -0.3 is 10.1 Å². The highest BCUT2D eigenvalue weighted by atomic mass is 35.5. The van der Waals surface area contributed by atoms with Crippen LogP contribution in [0, 0.1) is 5.92 Å². The number of halogens is 1. The second-order valence-electron chi connectivity index (χ2n) is 7.48. The fourth-order valence-electron chi connectivity index (χ4n) is 3.66. The second kappa shape index (κ2) is 10.3. The van der Waals surface area contributed by atoms with E-state index in [2.05, 4.69) is 5.32 Å². The lowest BCUT2D eigenvalue weighted by Crippen LogP contribution is -2.43. The first kappa shape index (κ1) is 23.9. The summed E-state index contributed by atoms with van der Waals surface area (Å²) in [6.45, 7) is 2.50. The maximum absolute atomic E-state index is 13.1. The minimum atomic E-state index is -3.76. The second-order valence-corrected chi connectivity index (χ2v) is 10.7. The molecule has 9 heteroatoms. The fraction of sp³-hybridized carbons (Fsp3) is 0.409. The van der Waals surface area contributed by atoms with Gasteiger partial charge in [-0.05, 0) is 61.9 Å². The molecule has 2 aromatic carbocycles. The van der Waals surface area contributed by atoms with Crippen LogP contribution in [0.5, 0.6) is 5.75 Å². The van der Waals surface area contributed by atoms with Gasteiger partial charge in [0.2, 0.25) is 15.9 Å². The summed E-state index contributed by atoms with van der Waals surface area (Å²) in [5.41, 5.74) is 1.04. The van der Waals surface area contributed by atoms with Crippen LogP contribution in [0.2, 0.25) is 5.02 Å². The largest absolute Gasteiger partial charge is 0.495 e. The molecule has 0 radical (unpaired) electrons. The number of benzene rings is 2. The van der Waals surface area contributed by atoms with Gasteiger partial charge >= 0.3 is 0 Å². The van der Waals surface area contributed by atoms with E-state index in [0.717, 1.165) is 5.56 Å². The SMILES string of the molecule is COc1ccc(Cl)cc1S(=O)(=O)N1CCC(C(=O)N[C@@H](C)c2ccc(SC)cc2)CC1. The monoisotopic (exact) mass is 482 g/mol. The van der Waals surface area contributed by atoms with Gasteiger partial charge in [0.25, 0.3) is 0 Å². The van der Waals surface area contributed by atoms with Crippen LogP contribution in [-0.2, 0) is 14.8 Å². The van der Waals surface area contributed by atoms with Gasteiger partial charge in [0, 0.05) is 28.9 Å². The Morgan fingerprint density at radius 2 is 1.84 bits per heavy atom. The lowest BCUT2D eigenvalue weighted by atomic mass is 9.96. The minimum Gasteiger partial charge on any atom is -0.495 e. The maximum Gasteiger partial charge on any atom is 0.246 e. The molecule has 1 saturated heterocycles. The van der Waals surface area contributed by atoms with E-state index in [0.29, 0.717) is 17.9 Å². The molecule has 0 aliphatic carbocycles. The van der Waals surface area contributed by atoms with E-state index in [4.69, 9.17) is 16.3 Å². The highest BCUT2D eigenvalue weighted by Crippen LogP contribution is 2.32. The van der Waals surface area contributed by atoms with Gasteiger partial charge in [0.1, 0.15) is 10.6 Å². The predicted molar refractivity (Wildman–Crippen MR) is 124 cm³/mol. The van der Waals surface area contributed by atoms with Gasteiger partial charge in [0.15, 0.2) is 0 Å². The molecule has 3 rings (SSSR count). The molecule has 0 bridgehead atoms. The normalized spacial score (nSPS) is 16.6. The Labute approximate surface area is 193 Å². The van der Waals surface area contributed by atoms with Crippen LogP contribution in [0.25, 0.3) is 0 Å². The van der Waals surface area contributed by atoms with Crippen molar-refractivity contribution in [2.75, 3.05) is 26.5 Å². The summed E-state index contributed by atoms with van der Waals surface area (Å²) in [5.74, 6) is -0.00922. The van der Waals surface area contributed by atoms with Gasteiger partial charge in [0.05, 0.1) is 13.2 Å². The van der Waals surface area contributed by atoms with Crippen LogP contribution in [-0.4, -0.2) is 45.1 Å². The van der Waals surface area contributed by atoms with E-state index in [-0.39, 0.29) is 41.6 Å². The number of carbonyl (C=O) groups is 1. The van der Waals surface area contributed by atoms with Crippen molar-refractivity contribution in [1.82, 2.24) is 9.62 Å². The van der Waals surface area contributed by atoms with Crippen LogP contribution in [0.1, 0.15) is 31.4 Å². The first-order valence-electron chi connectivity index (χ1n) is 10.0. The van der Waals surface area contributed by atoms with Crippen LogP contribution in [0.15, 0.2) is 52.3 Å². The molecule has 6 nitrogen and oxygen atoms in total. The summed E-state index contributed by atoms with van der Waals surface area (Å²) in [6, 6.07) is 12.5. The van der Waals surface area contributed by atoms with E-state index in [1.807, 2.05) is 37.4 Å². The first-order chi connectivity index (χ1) is 14.8. The highest BCUT2D eigenvalue weighted by molar-refractivity contribution is 7.98. The number of ether oxygens (including phenoxy) is 1. The topological polar surface area (TPSA) is 75.7 Å². The van der Waals surface area contributed by atoms with E-state index in [9.17, 15) is 13.2 Å². The number of rotatable bonds is 7. The molecule has 1 aliphatic heterocycles. The molecular formula is C22H27ClN2O4S2. The number of hydrogen-bond acceptors (Lipinski definition) is 5. The number of nitrogens with zero attached hydrogens (tertiary/aromatic N) is 1. The molecule has 0 aromatic heterocycles. The fourth-order valence-corrected chi connectivity index (χ4v) is 5.95. The number of nitrogens with one attached hydrogen (secondary N) is 1. The molecule has 0 saturated carbocycles. The molecule has 0 spiro atoms. The van der Waals surface area contributed by atoms with Crippen molar-refractivity contribution in [2.45, 2.75) is 35.6 Å². The van der Waals surface area contributed by atoms with Crippen LogP contribution in [0.3, 0.4) is 0 Å². The van der Waals surface area contributed by atoms with E-state index < -0.39 is 10.0 Å². The molecule has 1 N–H and O–H groups in total. The van der Waals surface area contributed by atoms with Crippen molar-refractivity contribution in [1.29, 1.82) is 0 Å². The Balaban J connectivity index is 1.62. The Hall–Kier alpha value is -1.74. The van der Waals surface area contributed by atoms with Crippen molar-refractivity contribution in [3.8, 4) is 5.75 Å². The Kier molecular flexibility index (Phi) is 7.91. The molecule has 2 aromatic rings. The van der Waals surface area contributed by atoms with Crippen LogP contribution < -0.4 is 10.1 Å². The van der Waals surface area contributed by atoms with Crippen LogP contribution >= 0.6 is 23.4 Å². The third-order valence-corrected chi connectivity index (χ3v) is 8.44. The lowest BCUT2D eigenvalue weighted by Gasteiger charge is -2.31. The maximum atomic E-state index is 13.1. The Morgan fingerprint density at radius 1 is 1.19 bits per heavy atom. The molecule has 1 fully saturated rings. The summed E-state index contributed by atoms with van der Waals surface area (Å²) in [7, 11) is -2.33. The number of carbonyl (C=O) groups excluding carboxylic acids is 1. The minimum absolute atomic E-state index is 0.0428. The third-order valence-electron chi connectivity index (χ3n) is 5.54. The molecule has 1 atom stereocenters. The zero-order valence-electron chi connectivity index (χ0n) is 17.8. The van der Waals surface area contributed by atoms with Crippen molar-refractivity contribution in [2.24, 2.45) is 5.92 Å². The van der Waals surface area contributed by atoms with Gasteiger partial charge in [-0.25, -0.2) is 8.42 Å². The molecule has 31 heavy (non-hydrogen) atoms. The van der Waals surface area contributed by atoms with E-state index in [1.54, 1.807) is 23.9 Å². The van der Waals surface area contributed by atoms with Crippen molar-refractivity contribution in [3.05, 3.63) is 53.1 Å². The van der Waals surface area contributed by atoms with Crippen LogP contribution in [0.4, 0.5) is 0 Å². The summed E-state index contributed by atoms with van der Waals surface area (Å²) in [5, 5.41) is 3.39. The van der Waals surface area contributed by atoms with E-state index >= 15 is 0 Å². The lowest BCUT2D eigenvalue weighted by molar-refractivity contribution is -0.126. The molecule has 1 amide bonds. The number of sulfonamides is 1. The molecule has 0 unspecified atom stereocenters. The number of amides is 1. The molecule has 168 valence electrons. The summed E-state index contributed by atoms with van der Waals surface area (Å²) in [4.78, 5) is 14.0. The first-order valence-corrected chi connectivity index (χ1v) is 13.1. The third kappa shape index (κ3) is 5.55. The van der Waals surface area contributed by atoms with Crippen molar-refractivity contribution < 1.29 is 17.9 Å². The van der Waals surface area contributed by atoms with Crippen molar-refractivity contribution in [3.63, 3.8) is 0 Å². The molecule has 1 heterocycles. The van der Waals surface area contributed by atoms with Gasteiger partial charge in [-0.2, -0.15) is 4.31 Å². The summed E-state index contributed by atoms with van der Waals surface area (Å²) < 4.78 is 32.8. The molecular weight excluding hydrogens is 456 g/mol. The van der Waals surface area contributed by atoms with Gasteiger partial charge in [-0.1, -0.05) is 23.7 Å². The Morgan fingerprint density at radius 3 is 2.42 bits per heavy atom. The summed E-state index contributed by atoms with van der Waals surface area (Å²) >= 11 is 7.68. The highest BCUT2D eigenvalue weighted by Gasteiger charge is 2.34. The predicted octanol–water partition coefficient (Wildman–Crippen LogP) is 4.35. The average Bonchev–Trinajstić information content (AvgIpc) is 2.79. The zero-order chi connectivity index (χ0) is 22.6. The van der Waals surface area contributed by atoms with Crippen molar-refractivity contribution >= 4 is 39.3 Å². The smallest absolute Gasteiger partial charge is 0.246 e. The average molecular weight is 483 g/mol. The zero-order valence-corrected chi connectivity index (χ0v) is 20.2. The van der Waals surface area contributed by atoms with Gasteiger partial charge in [-0.3, -0.25) is 4.79 Å².